The number of hydrogen-bond donors (Lipinski definition) is 1. The minimum atomic E-state index is -0.586. The molecule has 6 nitrogen and oxygen atoms in total. The molecule has 1 atom stereocenters. The Morgan fingerprint density at radius 1 is 1.47 bits per heavy atom. The molecule has 19 heavy (non-hydrogen) atoms. The van der Waals surface area contributed by atoms with E-state index in [0.29, 0.717) is 13.1 Å². The predicted molar refractivity (Wildman–Crippen MR) is 68.8 cm³/mol. The van der Waals surface area contributed by atoms with Crippen molar-refractivity contribution >= 4 is 5.95 Å². The highest BCUT2D eigenvalue weighted by Crippen LogP contribution is 2.18. The molecule has 0 bridgehead atoms. The maximum absolute atomic E-state index is 12.5. The molecule has 1 N–H and O–H groups in total. The van der Waals surface area contributed by atoms with Crippen LogP contribution in [0.2, 0.25) is 0 Å². The molecule has 0 radical (unpaired) electrons. The largest absolute Gasteiger partial charge is 0.390 e. The lowest BCUT2D eigenvalue weighted by molar-refractivity contribution is 0.0751. The summed E-state index contributed by atoms with van der Waals surface area (Å²) in [6, 6.07) is 0. The van der Waals surface area contributed by atoms with Gasteiger partial charge >= 0.3 is 0 Å². The molecule has 0 aliphatic carbocycles. The van der Waals surface area contributed by atoms with E-state index in [1.54, 1.807) is 6.20 Å². The van der Waals surface area contributed by atoms with Crippen molar-refractivity contribution in [2.75, 3.05) is 26.3 Å². The van der Waals surface area contributed by atoms with Crippen LogP contribution in [0.3, 0.4) is 0 Å². The summed E-state index contributed by atoms with van der Waals surface area (Å²) in [4.78, 5) is 16.4. The third-order valence-electron chi connectivity index (χ3n) is 3.58. The van der Waals surface area contributed by atoms with E-state index in [-0.39, 0.29) is 18.5 Å². The number of nitroso groups, excluding NO2 is 1. The van der Waals surface area contributed by atoms with Crippen molar-refractivity contribution in [1.29, 1.82) is 0 Å². The summed E-state index contributed by atoms with van der Waals surface area (Å²) in [5.74, 6) is 0.253. The monoisotopic (exact) mass is 270 g/mol. The number of aromatic nitrogens is 2. The van der Waals surface area contributed by atoms with Gasteiger partial charge < -0.3 is 14.6 Å². The number of β-amino-alcohol motifs (C(OH)–C–C–N with tert-alkyl or cyclic N) is 1. The van der Waals surface area contributed by atoms with E-state index in [1.807, 2.05) is 0 Å². The topological polar surface area (TPSA) is 70.7 Å². The fourth-order valence-corrected chi connectivity index (χ4v) is 2.45. The minimum Gasteiger partial charge on any atom is -0.390 e. The lowest BCUT2D eigenvalue weighted by Gasteiger charge is -2.32. The molecule has 2 heterocycles. The smallest absolute Gasteiger partial charge is 0.271 e. The molecule has 1 fully saturated rings. The molecule has 0 amide bonds. The summed E-state index contributed by atoms with van der Waals surface area (Å²) in [6.07, 6.45) is 4.20. The van der Waals surface area contributed by atoms with E-state index >= 15 is 0 Å². The Bertz CT molecular complexity index is 404. The van der Waals surface area contributed by atoms with Gasteiger partial charge in [0.1, 0.15) is 0 Å². The summed E-state index contributed by atoms with van der Waals surface area (Å²) in [5, 5.41) is 12.8. The first-order chi connectivity index (χ1) is 9.22. The van der Waals surface area contributed by atoms with E-state index in [9.17, 15) is 14.4 Å². The quantitative estimate of drug-likeness (QED) is 0.791. The number of piperidine rings is 1. The fraction of sp³-hybridized carbons (Fsp3) is 0.750. The summed E-state index contributed by atoms with van der Waals surface area (Å²) in [6.45, 7) is 2.20. The zero-order valence-corrected chi connectivity index (χ0v) is 10.8. The van der Waals surface area contributed by atoms with Gasteiger partial charge in [0.2, 0.25) is 0 Å². The highest BCUT2D eigenvalue weighted by Gasteiger charge is 2.21. The van der Waals surface area contributed by atoms with Gasteiger partial charge in [-0.1, -0.05) is 0 Å². The van der Waals surface area contributed by atoms with Gasteiger partial charge in [-0.25, -0.2) is 4.98 Å². The van der Waals surface area contributed by atoms with E-state index in [4.69, 9.17) is 0 Å². The number of rotatable bonds is 6. The molecule has 7 heteroatoms. The number of hydrogen-bond acceptors (Lipinski definition) is 5. The molecule has 2 rings (SSSR count). The van der Waals surface area contributed by atoms with Crippen LogP contribution in [-0.2, 0) is 6.54 Å². The van der Waals surface area contributed by atoms with Gasteiger partial charge in [0, 0.05) is 24.1 Å². The minimum absolute atomic E-state index is 0.0789. The fourth-order valence-electron chi connectivity index (χ4n) is 2.45. The van der Waals surface area contributed by atoms with Crippen LogP contribution in [0, 0.1) is 10.8 Å². The van der Waals surface area contributed by atoms with Crippen LogP contribution in [0.15, 0.2) is 17.6 Å². The maximum atomic E-state index is 12.5. The third kappa shape index (κ3) is 3.81. The molecule has 1 aliphatic heterocycles. The number of halogens is 1. The van der Waals surface area contributed by atoms with E-state index in [1.165, 1.54) is 10.8 Å². The summed E-state index contributed by atoms with van der Waals surface area (Å²) in [7, 11) is 0. The van der Waals surface area contributed by atoms with E-state index in [0.717, 1.165) is 25.9 Å². The van der Waals surface area contributed by atoms with Crippen molar-refractivity contribution in [2.24, 2.45) is 11.1 Å². The van der Waals surface area contributed by atoms with E-state index < -0.39 is 6.10 Å². The van der Waals surface area contributed by atoms with Crippen molar-refractivity contribution in [2.45, 2.75) is 25.5 Å². The second kappa shape index (κ2) is 6.72. The summed E-state index contributed by atoms with van der Waals surface area (Å²) >= 11 is 0. The first-order valence-corrected chi connectivity index (χ1v) is 6.53. The van der Waals surface area contributed by atoms with Gasteiger partial charge in [0.25, 0.3) is 5.95 Å². The summed E-state index contributed by atoms with van der Waals surface area (Å²) in [5.41, 5.74) is 0. The van der Waals surface area contributed by atoms with Crippen LogP contribution in [0.5, 0.6) is 0 Å². The highest BCUT2D eigenvalue weighted by atomic mass is 19.1. The number of alkyl halides is 1. The van der Waals surface area contributed by atoms with Gasteiger partial charge in [-0.05, 0) is 31.8 Å². The Kier molecular flexibility index (Phi) is 4.98. The lowest BCUT2D eigenvalue weighted by atomic mass is 9.98. The van der Waals surface area contributed by atoms with E-state index in [2.05, 4.69) is 15.1 Å². The normalized spacial score (nSPS) is 19.5. The maximum Gasteiger partial charge on any atom is 0.271 e. The Morgan fingerprint density at radius 3 is 2.84 bits per heavy atom. The standard InChI is InChI=1S/C12H19FN4O2/c13-7-10-1-4-16(5-2-10)8-11(18)9-17-6-3-14-12(17)15-19/h3,6,10-11,18H,1-2,4-5,7-9H2. The molecule has 0 spiro atoms. The number of nitrogens with zero attached hydrogens (tertiary/aromatic N) is 4. The van der Waals surface area contributed by atoms with Crippen LogP contribution in [0.25, 0.3) is 0 Å². The van der Waals surface area contributed by atoms with Crippen molar-refractivity contribution in [3.8, 4) is 0 Å². The molecule has 0 aromatic carbocycles. The van der Waals surface area contributed by atoms with Crippen LogP contribution < -0.4 is 0 Å². The Hall–Kier alpha value is -1.34. The zero-order chi connectivity index (χ0) is 13.7. The second-order valence-electron chi connectivity index (χ2n) is 5.02. The highest BCUT2D eigenvalue weighted by molar-refractivity contribution is 5.15. The molecule has 1 aliphatic rings. The van der Waals surface area contributed by atoms with Crippen LogP contribution in [0.1, 0.15) is 12.8 Å². The molecule has 1 aromatic rings. The average Bonchev–Trinajstić information content (AvgIpc) is 2.86. The van der Waals surface area contributed by atoms with Crippen molar-refractivity contribution < 1.29 is 9.50 Å². The number of imidazole rings is 1. The van der Waals surface area contributed by atoms with Crippen LogP contribution >= 0.6 is 0 Å². The van der Waals surface area contributed by atoms with Gasteiger partial charge in [-0.2, -0.15) is 0 Å². The Balaban J connectivity index is 1.78. The molecule has 1 unspecified atom stereocenters. The number of aliphatic hydroxyl groups excluding tert-OH is 1. The van der Waals surface area contributed by atoms with Gasteiger partial charge in [-0.15, -0.1) is 4.91 Å². The molecule has 0 saturated carbocycles. The summed E-state index contributed by atoms with van der Waals surface area (Å²) < 4.78 is 14.0. The first kappa shape index (κ1) is 14.1. The van der Waals surface area contributed by atoms with Gasteiger partial charge in [-0.3, -0.25) is 4.39 Å². The molecular formula is C12H19FN4O2. The number of aliphatic hydroxyl groups is 1. The molecule has 1 saturated heterocycles. The van der Waals surface area contributed by atoms with Crippen molar-refractivity contribution in [3.05, 3.63) is 17.3 Å². The zero-order valence-electron chi connectivity index (χ0n) is 10.8. The predicted octanol–water partition coefficient (Wildman–Crippen LogP) is 1.32. The number of likely N-dealkylation sites (tertiary alicyclic amines) is 1. The van der Waals surface area contributed by atoms with Crippen LogP contribution in [-0.4, -0.2) is 52.0 Å². The molecular weight excluding hydrogens is 251 g/mol. The average molecular weight is 270 g/mol. The van der Waals surface area contributed by atoms with Gasteiger partial charge in [0.05, 0.1) is 19.3 Å². The van der Waals surface area contributed by atoms with Crippen molar-refractivity contribution in [1.82, 2.24) is 14.5 Å². The van der Waals surface area contributed by atoms with Crippen LogP contribution in [0.4, 0.5) is 10.3 Å². The first-order valence-electron chi connectivity index (χ1n) is 6.53. The molecule has 1 aromatic heterocycles. The Morgan fingerprint density at radius 2 is 2.21 bits per heavy atom. The lowest BCUT2D eigenvalue weighted by Crippen LogP contribution is -2.40. The Labute approximate surface area is 111 Å². The second-order valence-corrected chi connectivity index (χ2v) is 5.02. The third-order valence-corrected chi connectivity index (χ3v) is 3.58. The SMILES string of the molecule is O=Nc1nccn1CC(O)CN1CCC(CF)CC1. The van der Waals surface area contributed by atoms with Gasteiger partial charge in [0.15, 0.2) is 0 Å². The molecule has 106 valence electrons. The van der Waals surface area contributed by atoms with Crippen molar-refractivity contribution in [3.63, 3.8) is 0 Å².